The van der Waals surface area contributed by atoms with Crippen molar-refractivity contribution in [3.63, 3.8) is 0 Å². The molecular weight excluding hydrogens is 287 g/mol. The molecule has 2 nitrogen and oxygen atoms in total. The highest BCUT2D eigenvalue weighted by atomic mass is 19.1. The van der Waals surface area contributed by atoms with Crippen LogP contribution in [0.1, 0.15) is 24.5 Å². The Balaban J connectivity index is 1.62. The number of nitrogens with one attached hydrogen (secondary N) is 1. The summed E-state index contributed by atoms with van der Waals surface area (Å²) in [5.74, 6) is -0.176. The van der Waals surface area contributed by atoms with Crippen LogP contribution in [-0.2, 0) is 19.5 Å². The van der Waals surface area contributed by atoms with Crippen molar-refractivity contribution in [2.45, 2.75) is 32.9 Å². The Morgan fingerprint density at radius 3 is 2.61 bits per heavy atom. The first kappa shape index (κ1) is 15.8. The lowest BCUT2D eigenvalue weighted by Gasteiger charge is -2.04. The van der Waals surface area contributed by atoms with Gasteiger partial charge in [0.05, 0.1) is 0 Å². The van der Waals surface area contributed by atoms with E-state index in [1.807, 2.05) is 12.1 Å². The van der Waals surface area contributed by atoms with Crippen molar-refractivity contribution < 1.29 is 4.39 Å². The van der Waals surface area contributed by atoms with Gasteiger partial charge in [0.2, 0.25) is 0 Å². The summed E-state index contributed by atoms with van der Waals surface area (Å²) in [6.45, 7) is 5.00. The Bertz CT molecular complexity index is 759. The van der Waals surface area contributed by atoms with Crippen LogP contribution in [0.2, 0.25) is 0 Å². The molecule has 2 aromatic carbocycles. The normalized spacial score (nSPS) is 11.2. The molecule has 0 saturated carbocycles. The van der Waals surface area contributed by atoms with E-state index in [9.17, 15) is 4.39 Å². The fourth-order valence-electron chi connectivity index (χ4n) is 3.00. The largest absolute Gasteiger partial charge is 0.347 e. The van der Waals surface area contributed by atoms with Crippen LogP contribution >= 0.6 is 0 Å². The van der Waals surface area contributed by atoms with Gasteiger partial charge in [0.25, 0.3) is 0 Å². The van der Waals surface area contributed by atoms with E-state index in [-0.39, 0.29) is 5.82 Å². The molecule has 0 unspecified atom stereocenters. The minimum absolute atomic E-state index is 0.176. The third-order valence-electron chi connectivity index (χ3n) is 4.15. The monoisotopic (exact) mass is 310 g/mol. The lowest BCUT2D eigenvalue weighted by molar-refractivity contribution is 0.626. The predicted molar refractivity (Wildman–Crippen MR) is 94.0 cm³/mol. The molecule has 3 rings (SSSR count). The minimum Gasteiger partial charge on any atom is -0.347 e. The van der Waals surface area contributed by atoms with Gasteiger partial charge in [-0.25, -0.2) is 4.39 Å². The molecule has 0 aliphatic rings. The van der Waals surface area contributed by atoms with Gasteiger partial charge < -0.3 is 9.88 Å². The molecule has 0 atom stereocenters. The maximum atomic E-state index is 12.9. The minimum atomic E-state index is -0.176. The molecule has 1 aromatic heterocycles. The van der Waals surface area contributed by atoms with E-state index in [2.05, 4.69) is 47.3 Å². The number of halogens is 1. The van der Waals surface area contributed by atoms with Gasteiger partial charge in [-0.1, -0.05) is 37.3 Å². The molecule has 0 aliphatic heterocycles. The molecule has 0 radical (unpaired) electrons. The third kappa shape index (κ3) is 3.80. The molecule has 23 heavy (non-hydrogen) atoms. The standard InChI is InChI=1S/C20H23FN2/c1-2-13-23-15-17(19-5-3-4-6-20(19)23)14-22-12-11-16-7-9-18(21)10-8-16/h3-10,15,22H,2,11-14H2,1H3. The molecule has 0 saturated heterocycles. The lowest BCUT2D eigenvalue weighted by atomic mass is 10.1. The summed E-state index contributed by atoms with van der Waals surface area (Å²) in [7, 11) is 0. The van der Waals surface area contributed by atoms with E-state index in [1.165, 1.54) is 28.6 Å². The zero-order valence-electron chi connectivity index (χ0n) is 13.6. The van der Waals surface area contributed by atoms with Gasteiger partial charge in [-0.05, 0) is 48.7 Å². The number of fused-ring (bicyclic) bond motifs is 1. The van der Waals surface area contributed by atoms with Crippen LogP contribution in [0.25, 0.3) is 10.9 Å². The first-order chi connectivity index (χ1) is 11.3. The van der Waals surface area contributed by atoms with Gasteiger partial charge in [0.15, 0.2) is 0 Å². The highest BCUT2D eigenvalue weighted by Crippen LogP contribution is 2.21. The van der Waals surface area contributed by atoms with E-state index >= 15 is 0 Å². The quantitative estimate of drug-likeness (QED) is 0.635. The average molecular weight is 310 g/mol. The summed E-state index contributed by atoms with van der Waals surface area (Å²) in [6, 6.07) is 15.3. The molecule has 0 amide bonds. The van der Waals surface area contributed by atoms with Gasteiger partial charge >= 0.3 is 0 Å². The van der Waals surface area contributed by atoms with Crippen molar-refractivity contribution in [2.24, 2.45) is 0 Å². The number of rotatable bonds is 7. The second-order valence-corrected chi connectivity index (χ2v) is 5.92. The summed E-state index contributed by atoms with van der Waals surface area (Å²) in [5, 5.41) is 4.83. The molecule has 0 fully saturated rings. The summed E-state index contributed by atoms with van der Waals surface area (Å²) in [5.41, 5.74) is 3.81. The van der Waals surface area contributed by atoms with Crippen molar-refractivity contribution in [1.82, 2.24) is 9.88 Å². The Morgan fingerprint density at radius 2 is 1.83 bits per heavy atom. The molecule has 1 heterocycles. The van der Waals surface area contributed by atoms with E-state index in [0.29, 0.717) is 0 Å². The zero-order valence-corrected chi connectivity index (χ0v) is 13.6. The van der Waals surface area contributed by atoms with E-state index < -0.39 is 0 Å². The summed E-state index contributed by atoms with van der Waals surface area (Å²) >= 11 is 0. The molecule has 0 aliphatic carbocycles. The number of hydrogen-bond acceptors (Lipinski definition) is 1. The predicted octanol–water partition coefficient (Wildman–Crippen LogP) is 4.52. The fraction of sp³-hybridized carbons (Fsp3) is 0.300. The van der Waals surface area contributed by atoms with Gasteiger partial charge in [0, 0.05) is 30.2 Å². The molecule has 3 aromatic rings. The van der Waals surface area contributed by atoms with Gasteiger partial charge in [0.1, 0.15) is 5.82 Å². The van der Waals surface area contributed by atoms with E-state index in [1.54, 1.807) is 0 Å². The molecular formula is C20H23FN2. The van der Waals surface area contributed by atoms with Crippen molar-refractivity contribution in [1.29, 1.82) is 0 Å². The Morgan fingerprint density at radius 1 is 1.04 bits per heavy atom. The highest BCUT2D eigenvalue weighted by molar-refractivity contribution is 5.83. The lowest BCUT2D eigenvalue weighted by Crippen LogP contribution is -2.16. The first-order valence-electron chi connectivity index (χ1n) is 8.30. The number of nitrogens with zero attached hydrogens (tertiary/aromatic N) is 1. The van der Waals surface area contributed by atoms with Crippen LogP contribution in [0.5, 0.6) is 0 Å². The number of aromatic nitrogens is 1. The van der Waals surface area contributed by atoms with Crippen molar-refractivity contribution in [3.05, 3.63) is 71.7 Å². The van der Waals surface area contributed by atoms with Gasteiger partial charge in [-0.2, -0.15) is 0 Å². The van der Waals surface area contributed by atoms with Crippen molar-refractivity contribution >= 4 is 10.9 Å². The second kappa shape index (κ2) is 7.42. The molecule has 1 N–H and O–H groups in total. The maximum absolute atomic E-state index is 12.9. The Hall–Kier alpha value is -2.13. The maximum Gasteiger partial charge on any atom is 0.123 e. The molecule has 0 bridgehead atoms. The zero-order chi connectivity index (χ0) is 16.1. The van der Waals surface area contributed by atoms with Crippen LogP contribution in [0.3, 0.4) is 0 Å². The summed E-state index contributed by atoms with van der Waals surface area (Å²) in [4.78, 5) is 0. The van der Waals surface area contributed by atoms with Crippen LogP contribution in [0, 0.1) is 5.82 Å². The average Bonchev–Trinajstić information content (AvgIpc) is 2.92. The van der Waals surface area contributed by atoms with Crippen LogP contribution in [0.4, 0.5) is 4.39 Å². The molecule has 3 heteroatoms. The Kier molecular flexibility index (Phi) is 5.09. The van der Waals surface area contributed by atoms with Gasteiger partial charge in [-0.15, -0.1) is 0 Å². The highest BCUT2D eigenvalue weighted by Gasteiger charge is 2.07. The van der Waals surface area contributed by atoms with Crippen LogP contribution < -0.4 is 5.32 Å². The fourth-order valence-corrected chi connectivity index (χ4v) is 3.00. The summed E-state index contributed by atoms with van der Waals surface area (Å²) < 4.78 is 15.2. The summed E-state index contributed by atoms with van der Waals surface area (Å²) in [6.07, 6.45) is 4.31. The number of para-hydroxylation sites is 1. The third-order valence-corrected chi connectivity index (χ3v) is 4.15. The van der Waals surface area contributed by atoms with Crippen LogP contribution in [0.15, 0.2) is 54.7 Å². The SMILES string of the molecule is CCCn1cc(CNCCc2ccc(F)cc2)c2ccccc21. The first-order valence-corrected chi connectivity index (χ1v) is 8.30. The van der Waals surface area contributed by atoms with Gasteiger partial charge in [-0.3, -0.25) is 0 Å². The van der Waals surface area contributed by atoms with Crippen molar-refractivity contribution in [3.8, 4) is 0 Å². The van der Waals surface area contributed by atoms with Crippen molar-refractivity contribution in [2.75, 3.05) is 6.54 Å². The van der Waals surface area contributed by atoms with Crippen LogP contribution in [-0.4, -0.2) is 11.1 Å². The molecule has 120 valence electrons. The number of hydrogen-bond donors (Lipinski definition) is 1. The number of benzene rings is 2. The topological polar surface area (TPSA) is 17.0 Å². The second-order valence-electron chi connectivity index (χ2n) is 5.92. The smallest absolute Gasteiger partial charge is 0.123 e. The molecule has 0 spiro atoms. The van der Waals surface area contributed by atoms with E-state index in [0.717, 1.165) is 38.0 Å². The Labute approximate surface area is 136 Å². The number of aryl methyl sites for hydroxylation is 1. The van der Waals surface area contributed by atoms with E-state index in [4.69, 9.17) is 0 Å².